The minimum atomic E-state index is -0.0211. The van der Waals surface area contributed by atoms with E-state index in [1.54, 1.807) is 0 Å². The third-order valence-electron chi connectivity index (χ3n) is 4.51. The summed E-state index contributed by atoms with van der Waals surface area (Å²) >= 11 is 2.03. The lowest BCUT2D eigenvalue weighted by molar-refractivity contribution is 0.166. The van der Waals surface area contributed by atoms with Crippen molar-refractivity contribution in [2.75, 3.05) is 33.4 Å². The Labute approximate surface area is 128 Å². The summed E-state index contributed by atoms with van der Waals surface area (Å²) in [5, 5.41) is 3.80. The number of thioether (sulfide) groups is 1. The second kappa shape index (κ2) is 7.55. The fourth-order valence-electron chi connectivity index (χ4n) is 2.40. The molecule has 1 rings (SSSR count). The van der Waals surface area contributed by atoms with Gasteiger partial charge in [0.1, 0.15) is 0 Å². The molecule has 0 bridgehead atoms. The Hall–Kier alpha value is -0.420. The van der Waals surface area contributed by atoms with Gasteiger partial charge in [-0.15, -0.1) is 0 Å². The molecule has 118 valence electrons. The van der Waals surface area contributed by atoms with Crippen LogP contribution in [0.2, 0.25) is 0 Å². The summed E-state index contributed by atoms with van der Waals surface area (Å²) in [4.78, 5) is 16.3. The third-order valence-corrected chi connectivity index (χ3v) is 5.74. The molecule has 1 saturated carbocycles. The number of carbonyl (C=O) groups excluding carboxylic acids is 1. The highest BCUT2D eigenvalue weighted by molar-refractivity contribution is 7.99. The maximum atomic E-state index is 12.3. The predicted octanol–water partition coefficient (Wildman–Crippen LogP) is 2.64. The Balaban J connectivity index is 2.40. The first kappa shape index (κ1) is 17.6. The van der Waals surface area contributed by atoms with Gasteiger partial charge in [0.25, 0.3) is 0 Å². The topological polar surface area (TPSA) is 35.6 Å². The molecule has 1 N–H and O–H groups in total. The highest BCUT2D eigenvalue weighted by atomic mass is 32.2. The van der Waals surface area contributed by atoms with Crippen LogP contribution in [0.4, 0.5) is 4.79 Å². The van der Waals surface area contributed by atoms with E-state index in [-0.39, 0.29) is 11.6 Å². The fraction of sp³-hybridized carbons (Fsp3) is 0.933. The zero-order chi connectivity index (χ0) is 15.3. The summed E-state index contributed by atoms with van der Waals surface area (Å²) < 4.78 is 0. The van der Waals surface area contributed by atoms with E-state index in [4.69, 9.17) is 0 Å². The van der Waals surface area contributed by atoms with Gasteiger partial charge in [0, 0.05) is 30.4 Å². The molecule has 2 amide bonds. The van der Waals surface area contributed by atoms with Gasteiger partial charge in [-0.05, 0) is 53.0 Å². The van der Waals surface area contributed by atoms with Gasteiger partial charge in [-0.2, -0.15) is 11.8 Å². The number of nitrogens with zero attached hydrogens (tertiary/aromatic N) is 2. The Morgan fingerprint density at radius 2 is 1.95 bits per heavy atom. The first-order valence-electron chi connectivity index (χ1n) is 7.57. The number of hydrogen-bond donors (Lipinski definition) is 1. The van der Waals surface area contributed by atoms with Crippen LogP contribution in [-0.4, -0.2) is 66.1 Å². The molecule has 0 aromatic carbocycles. The van der Waals surface area contributed by atoms with Crippen molar-refractivity contribution in [1.82, 2.24) is 15.1 Å². The number of likely N-dealkylation sites (N-methyl/N-ethyl adjacent to an activating group) is 1. The normalized spacial score (nSPS) is 23.1. The van der Waals surface area contributed by atoms with E-state index in [1.807, 2.05) is 37.8 Å². The molecule has 0 aromatic rings. The van der Waals surface area contributed by atoms with Crippen LogP contribution in [0.25, 0.3) is 0 Å². The van der Waals surface area contributed by atoms with Crippen molar-refractivity contribution in [2.45, 2.75) is 56.9 Å². The van der Waals surface area contributed by atoms with Crippen molar-refractivity contribution in [2.24, 2.45) is 0 Å². The zero-order valence-electron chi connectivity index (χ0n) is 13.9. The highest BCUT2D eigenvalue weighted by Crippen LogP contribution is 2.32. The molecule has 1 fully saturated rings. The van der Waals surface area contributed by atoms with Gasteiger partial charge in [0.05, 0.1) is 0 Å². The van der Waals surface area contributed by atoms with Crippen LogP contribution < -0.4 is 5.32 Å². The molecular formula is C15H31N3OS. The lowest BCUT2D eigenvalue weighted by Gasteiger charge is -2.34. The average molecular weight is 302 g/mol. The third kappa shape index (κ3) is 4.85. The fourth-order valence-corrected chi connectivity index (χ4v) is 3.53. The minimum absolute atomic E-state index is 0.0211. The van der Waals surface area contributed by atoms with Gasteiger partial charge in [-0.25, -0.2) is 4.79 Å². The summed E-state index contributed by atoms with van der Waals surface area (Å²) in [7, 11) is 6.01. The molecule has 1 aliphatic rings. The number of rotatable bonds is 6. The molecule has 0 aliphatic heterocycles. The molecule has 4 nitrogen and oxygen atoms in total. The van der Waals surface area contributed by atoms with Crippen LogP contribution in [0.15, 0.2) is 0 Å². The van der Waals surface area contributed by atoms with Gasteiger partial charge in [0.15, 0.2) is 0 Å². The number of hydrogen-bond acceptors (Lipinski definition) is 3. The minimum Gasteiger partial charge on any atom is -0.336 e. The van der Waals surface area contributed by atoms with E-state index in [0.29, 0.717) is 12.6 Å². The van der Waals surface area contributed by atoms with E-state index in [2.05, 4.69) is 31.0 Å². The molecule has 0 unspecified atom stereocenters. The average Bonchev–Trinajstić information content (AvgIpc) is 2.84. The lowest BCUT2D eigenvalue weighted by Crippen LogP contribution is -2.51. The molecule has 0 aromatic heterocycles. The van der Waals surface area contributed by atoms with Gasteiger partial charge in [0.2, 0.25) is 0 Å². The molecule has 5 heteroatoms. The second-order valence-corrected chi connectivity index (χ2v) is 8.10. The predicted molar refractivity (Wildman–Crippen MR) is 88.5 cm³/mol. The first-order chi connectivity index (χ1) is 9.27. The smallest absolute Gasteiger partial charge is 0.317 e. The van der Waals surface area contributed by atoms with Gasteiger partial charge in [-0.3, -0.25) is 0 Å². The quantitative estimate of drug-likeness (QED) is 0.819. The largest absolute Gasteiger partial charge is 0.336 e. The van der Waals surface area contributed by atoms with Crippen molar-refractivity contribution < 1.29 is 4.79 Å². The zero-order valence-corrected chi connectivity index (χ0v) is 14.7. The second-order valence-electron chi connectivity index (χ2n) is 6.52. The maximum Gasteiger partial charge on any atom is 0.317 e. The Morgan fingerprint density at radius 3 is 2.50 bits per heavy atom. The van der Waals surface area contributed by atoms with Crippen molar-refractivity contribution in [3.63, 3.8) is 0 Å². The summed E-state index contributed by atoms with van der Waals surface area (Å²) in [6.45, 7) is 7.15. The van der Waals surface area contributed by atoms with E-state index in [9.17, 15) is 4.79 Å². The highest BCUT2D eigenvalue weighted by Gasteiger charge is 2.30. The summed E-state index contributed by atoms with van der Waals surface area (Å²) in [5.41, 5.74) is -0.0211. The van der Waals surface area contributed by atoms with Crippen molar-refractivity contribution in [3.05, 3.63) is 0 Å². The van der Waals surface area contributed by atoms with E-state index >= 15 is 0 Å². The molecule has 0 radical (unpaired) electrons. The SMILES string of the molecule is CCS[C@H]1CC[C@@H](N(C)C(=O)NCC(C)(C)N(C)C)C1. The van der Waals surface area contributed by atoms with Crippen molar-refractivity contribution >= 4 is 17.8 Å². The molecule has 0 spiro atoms. The van der Waals surface area contributed by atoms with E-state index in [1.165, 1.54) is 12.2 Å². The molecule has 2 atom stereocenters. The van der Waals surface area contributed by atoms with Gasteiger partial charge in [-0.1, -0.05) is 6.92 Å². The Kier molecular flexibility index (Phi) is 6.65. The Bertz CT molecular complexity index is 320. The van der Waals surface area contributed by atoms with Crippen LogP contribution in [0, 0.1) is 0 Å². The van der Waals surface area contributed by atoms with Crippen LogP contribution >= 0.6 is 11.8 Å². The monoisotopic (exact) mass is 301 g/mol. The number of amides is 2. The van der Waals surface area contributed by atoms with Crippen LogP contribution in [0.5, 0.6) is 0 Å². The molecule has 0 saturated heterocycles. The number of carbonyl (C=O) groups is 1. The molecule has 0 heterocycles. The molecule has 1 aliphatic carbocycles. The first-order valence-corrected chi connectivity index (χ1v) is 8.62. The number of nitrogens with one attached hydrogen (secondary N) is 1. The maximum absolute atomic E-state index is 12.3. The molecular weight excluding hydrogens is 270 g/mol. The van der Waals surface area contributed by atoms with Crippen LogP contribution in [-0.2, 0) is 0 Å². The summed E-state index contributed by atoms with van der Waals surface area (Å²) in [6.07, 6.45) is 3.52. The van der Waals surface area contributed by atoms with Crippen molar-refractivity contribution in [1.29, 1.82) is 0 Å². The molecule has 20 heavy (non-hydrogen) atoms. The van der Waals surface area contributed by atoms with Crippen molar-refractivity contribution in [3.8, 4) is 0 Å². The number of urea groups is 1. The van der Waals surface area contributed by atoms with E-state index < -0.39 is 0 Å². The van der Waals surface area contributed by atoms with E-state index in [0.717, 1.165) is 18.1 Å². The summed E-state index contributed by atoms with van der Waals surface area (Å²) in [5.74, 6) is 1.17. The standard InChI is InChI=1S/C15H31N3OS/c1-7-20-13-9-8-12(10-13)18(6)14(19)16-11-15(2,3)17(4)5/h12-13H,7-11H2,1-6H3,(H,16,19)/t12-,13+/m1/s1. The Morgan fingerprint density at radius 1 is 1.30 bits per heavy atom. The van der Waals surface area contributed by atoms with Crippen LogP contribution in [0.3, 0.4) is 0 Å². The van der Waals surface area contributed by atoms with Gasteiger partial charge >= 0.3 is 6.03 Å². The van der Waals surface area contributed by atoms with Gasteiger partial charge < -0.3 is 15.1 Å². The van der Waals surface area contributed by atoms with Crippen LogP contribution in [0.1, 0.15) is 40.0 Å². The summed E-state index contributed by atoms with van der Waals surface area (Å²) in [6, 6.07) is 0.466. The lowest BCUT2D eigenvalue weighted by atomic mass is 10.0.